The minimum absolute atomic E-state index is 0.0604. The first-order chi connectivity index (χ1) is 16.0. The van der Waals surface area contributed by atoms with Gasteiger partial charge in [-0.25, -0.2) is 0 Å². The zero-order chi connectivity index (χ0) is 23.4. The van der Waals surface area contributed by atoms with Crippen LogP contribution in [-0.4, -0.2) is 44.3 Å². The maximum Gasteiger partial charge on any atom is 0.281 e. The van der Waals surface area contributed by atoms with Gasteiger partial charge in [0.05, 0.1) is 16.6 Å². The van der Waals surface area contributed by atoms with E-state index in [9.17, 15) is 14.9 Å². The van der Waals surface area contributed by atoms with Crippen LogP contribution in [0.1, 0.15) is 43.1 Å². The van der Waals surface area contributed by atoms with Crippen molar-refractivity contribution in [2.75, 3.05) is 13.1 Å². The number of pyridine rings is 1. The van der Waals surface area contributed by atoms with Crippen LogP contribution >= 0.6 is 0 Å². The quantitative estimate of drug-likeness (QED) is 0.494. The van der Waals surface area contributed by atoms with Crippen molar-refractivity contribution >= 4 is 22.8 Å². The number of para-hydroxylation sites is 2. The summed E-state index contributed by atoms with van der Waals surface area (Å²) in [5.74, 6) is -0.455. The predicted molar refractivity (Wildman–Crippen MR) is 124 cm³/mol. The van der Waals surface area contributed by atoms with Crippen molar-refractivity contribution in [1.29, 1.82) is 5.26 Å². The third-order valence-electron chi connectivity index (χ3n) is 5.72. The monoisotopic (exact) mass is 442 g/mol. The molecule has 33 heavy (non-hydrogen) atoms. The van der Waals surface area contributed by atoms with Gasteiger partial charge in [-0.05, 0) is 43.0 Å². The van der Waals surface area contributed by atoms with Crippen molar-refractivity contribution in [3.8, 4) is 6.07 Å². The number of hydrogen-bond donors (Lipinski definition) is 1. The fourth-order valence-electron chi connectivity index (χ4n) is 4.17. The van der Waals surface area contributed by atoms with Crippen molar-refractivity contribution in [3.63, 3.8) is 0 Å². The van der Waals surface area contributed by atoms with E-state index in [1.54, 1.807) is 29.3 Å². The van der Waals surface area contributed by atoms with Crippen LogP contribution in [0.15, 0.2) is 65.4 Å². The lowest BCUT2D eigenvalue weighted by Gasteiger charge is -2.32. The summed E-state index contributed by atoms with van der Waals surface area (Å²) in [6.45, 7) is 4.96. The van der Waals surface area contributed by atoms with Crippen LogP contribution in [0.25, 0.3) is 11.0 Å². The zero-order valence-electron chi connectivity index (χ0n) is 18.7. The van der Waals surface area contributed by atoms with Gasteiger partial charge in [0.15, 0.2) is 0 Å². The normalized spacial score (nSPS) is 15.8. The molecule has 2 amide bonds. The second kappa shape index (κ2) is 9.65. The number of hydrogen-bond acceptors (Lipinski definition) is 4. The van der Waals surface area contributed by atoms with Gasteiger partial charge in [-0.15, -0.1) is 0 Å². The number of nitrogens with zero attached hydrogens (tertiary/aromatic N) is 5. The Hall–Kier alpha value is -3.99. The molecule has 3 aromatic rings. The van der Waals surface area contributed by atoms with E-state index in [0.717, 1.165) is 11.0 Å². The molecule has 1 aliphatic rings. The van der Waals surface area contributed by atoms with Crippen molar-refractivity contribution in [2.24, 2.45) is 10.9 Å². The van der Waals surface area contributed by atoms with Crippen molar-refractivity contribution in [3.05, 3.63) is 71.6 Å². The molecule has 8 nitrogen and oxygen atoms in total. The molecule has 0 saturated carbocycles. The number of nitriles is 1. The van der Waals surface area contributed by atoms with E-state index in [4.69, 9.17) is 0 Å². The van der Waals surface area contributed by atoms with Gasteiger partial charge in [-0.3, -0.25) is 14.6 Å². The molecule has 1 saturated heterocycles. The number of piperidine rings is 1. The van der Waals surface area contributed by atoms with Crippen molar-refractivity contribution in [1.82, 2.24) is 19.4 Å². The summed E-state index contributed by atoms with van der Waals surface area (Å²) < 4.78 is 2.06. The van der Waals surface area contributed by atoms with Crippen LogP contribution in [0, 0.1) is 17.2 Å². The molecule has 8 heteroatoms. The summed E-state index contributed by atoms with van der Waals surface area (Å²) >= 11 is 0. The number of aromatic amines is 1. The molecule has 4 rings (SSSR count). The van der Waals surface area contributed by atoms with Gasteiger partial charge < -0.3 is 14.5 Å². The van der Waals surface area contributed by atoms with E-state index < -0.39 is 0 Å². The third-order valence-corrected chi connectivity index (χ3v) is 5.72. The van der Waals surface area contributed by atoms with Crippen LogP contribution in [0.2, 0.25) is 0 Å². The molecule has 0 aliphatic carbocycles. The number of nitrogens with one attached hydrogen (secondary N) is 1. The highest BCUT2D eigenvalue weighted by molar-refractivity contribution is 5.97. The first-order valence-corrected chi connectivity index (χ1v) is 11.1. The molecule has 3 heterocycles. The Morgan fingerprint density at radius 3 is 2.64 bits per heavy atom. The van der Waals surface area contributed by atoms with Crippen LogP contribution in [0.3, 0.4) is 0 Å². The number of aromatic nitrogens is 3. The first kappa shape index (κ1) is 22.2. The average Bonchev–Trinajstić information content (AvgIpc) is 3.20. The van der Waals surface area contributed by atoms with Gasteiger partial charge >= 0.3 is 0 Å². The number of likely N-dealkylation sites (tertiary alicyclic amines) is 1. The zero-order valence-corrected chi connectivity index (χ0v) is 18.7. The molecule has 1 N–H and O–H groups in total. The number of benzene rings is 1. The van der Waals surface area contributed by atoms with Crippen LogP contribution < -0.4 is 5.62 Å². The lowest BCUT2D eigenvalue weighted by molar-refractivity contribution is -0.128. The summed E-state index contributed by atoms with van der Waals surface area (Å²) in [6.07, 6.45) is 6.22. The molecule has 1 aliphatic heterocycles. The minimum atomic E-state index is -0.367. The number of amides is 2. The number of H-pyrrole nitrogens is 1. The molecular formula is C25H26N6O2. The topological polar surface area (TPSA) is 107 Å². The van der Waals surface area contributed by atoms with Gasteiger partial charge in [0.25, 0.3) is 11.8 Å². The molecular weight excluding hydrogens is 416 g/mol. The molecule has 1 fully saturated rings. The van der Waals surface area contributed by atoms with Crippen LogP contribution in [0.4, 0.5) is 0 Å². The van der Waals surface area contributed by atoms with Gasteiger partial charge in [-0.1, -0.05) is 32.1 Å². The maximum absolute atomic E-state index is 12.8. The van der Waals surface area contributed by atoms with Gasteiger partial charge in [-0.2, -0.15) is 10.3 Å². The number of imidazole rings is 1. The Morgan fingerprint density at radius 2 is 1.97 bits per heavy atom. The Bertz CT molecular complexity index is 1300. The van der Waals surface area contributed by atoms with Gasteiger partial charge in [0.1, 0.15) is 11.6 Å². The van der Waals surface area contributed by atoms with E-state index >= 15 is 0 Å². The molecule has 0 spiro atoms. The molecule has 0 bridgehead atoms. The standard InChI is InChI=1S/C25H26N6O2/c1-17(2)14-19(15-26)24(33)30-12-9-20(10-13-30)31-22-8-4-3-7-21(22)28-25(31)29-23(32)18-6-5-11-27-16-18/h3-8,11,14,16-17,20H,9-10,12-13H2,1-2H3,(H,28,29,32). The van der Waals surface area contributed by atoms with E-state index in [1.807, 2.05) is 44.2 Å². The summed E-state index contributed by atoms with van der Waals surface area (Å²) in [5.41, 5.74) is 2.94. The molecule has 0 atom stereocenters. The Morgan fingerprint density at radius 1 is 1.21 bits per heavy atom. The molecule has 1 aromatic carbocycles. The summed E-state index contributed by atoms with van der Waals surface area (Å²) in [7, 11) is 0. The Balaban J connectivity index is 1.63. The molecule has 0 unspecified atom stereocenters. The highest BCUT2D eigenvalue weighted by Gasteiger charge is 2.27. The van der Waals surface area contributed by atoms with E-state index in [0.29, 0.717) is 37.1 Å². The summed E-state index contributed by atoms with van der Waals surface area (Å²) in [5, 5.41) is 9.39. The smallest absolute Gasteiger partial charge is 0.281 e. The molecule has 168 valence electrons. The van der Waals surface area contributed by atoms with E-state index in [1.165, 1.54) is 6.20 Å². The van der Waals surface area contributed by atoms with Gasteiger partial charge in [0.2, 0.25) is 5.62 Å². The highest BCUT2D eigenvalue weighted by atomic mass is 16.2. The fourth-order valence-corrected chi connectivity index (χ4v) is 4.17. The number of rotatable bonds is 4. The van der Waals surface area contributed by atoms with Crippen LogP contribution in [-0.2, 0) is 4.79 Å². The first-order valence-electron chi connectivity index (χ1n) is 11.1. The maximum atomic E-state index is 12.8. The SMILES string of the molecule is CC(C)C=C(C#N)C(=O)N1CCC(n2c(=NC(=O)c3cccnc3)[nH]c3ccccc32)CC1. The Kier molecular flexibility index (Phi) is 6.50. The number of fused-ring (bicyclic) bond motifs is 1. The second-order valence-electron chi connectivity index (χ2n) is 8.45. The van der Waals surface area contributed by atoms with Crippen molar-refractivity contribution < 1.29 is 9.59 Å². The van der Waals surface area contributed by atoms with Crippen molar-refractivity contribution in [2.45, 2.75) is 32.7 Å². The lowest BCUT2D eigenvalue weighted by atomic mass is 10.0. The summed E-state index contributed by atoms with van der Waals surface area (Å²) in [6, 6.07) is 13.3. The molecule has 2 aromatic heterocycles. The predicted octanol–water partition coefficient (Wildman–Crippen LogP) is 3.37. The number of carbonyl (C=O) groups excluding carboxylic acids is 2. The number of allylic oxidation sites excluding steroid dienone is 1. The van der Waals surface area contributed by atoms with Gasteiger partial charge in [0, 0.05) is 31.5 Å². The fraction of sp³-hybridized carbons (Fsp3) is 0.320. The van der Waals surface area contributed by atoms with E-state index in [-0.39, 0.29) is 29.3 Å². The second-order valence-corrected chi connectivity index (χ2v) is 8.45. The lowest BCUT2D eigenvalue weighted by Crippen LogP contribution is -2.41. The van der Waals surface area contributed by atoms with E-state index in [2.05, 4.69) is 19.5 Å². The highest BCUT2D eigenvalue weighted by Crippen LogP contribution is 2.26. The third kappa shape index (κ3) is 4.77. The number of carbonyl (C=O) groups is 2. The Labute approximate surface area is 191 Å². The molecule has 0 radical (unpaired) electrons. The average molecular weight is 443 g/mol. The van der Waals surface area contributed by atoms with Crippen LogP contribution in [0.5, 0.6) is 0 Å². The minimum Gasteiger partial charge on any atom is -0.338 e. The largest absolute Gasteiger partial charge is 0.338 e. The summed E-state index contributed by atoms with van der Waals surface area (Å²) in [4.78, 5) is 38.9.